The van der Waals surface area contributed by atoms with Gasteiger partial charge in [-0.3, -0.25) is 14.5 Å². The Labute approximate surface area is 222 Å². The standard InChI is InChI=1S/C29H33N5O4/c1-6-29(2,3)30-28(36)27(20-16-17-24(37-4)25(18-20)38-5)34(21-12-8-7-9-13-21)26(35)19-33-23-15-11-10-14-22(23)31-32-33/h7-18,27H,6,19H2,1-5H3,(H,30,36)/t27-/m1/s1. The number of nitrogens with one attached hydrogen (secondary N) is 1. The lowest BCUT2D eigenvalue weighted by molar-refractivity contribution is -0.128. The Balaban J connectivity index is 1.84. The van der Waals surface area contributed by atoms with Crippen molar-refractivity contribution in [1.82, 2.24) is 20.3 Å². The SMILES string of the molecule is CCC(C)(C)NC(=O)[C@@H](c1ccc(OC)c(OC)c1)N(C(=O)Cn1nnc2ccccc21)c1ccccc1. The average molecular weight is 516 g/mol. The van der Waals surface area contributed by atoms with Gasteiger partial charge in [0.05, 0.1) is 19.7 Å². The molecule has 1 heterocycles. The molecule has 1 aromatic heterocycles. The molecule has 0 saturated carbocycles. The molecular weight excluding hydrogens is 482 g/mol. The van der Waals surface area contributed by atoms with Crippen LogP contribution in [0, 0.1) is 0 Å². The summed E-state index contributed by atoms with van der Waals surface area (Å²) in [5.41, 5.74) is 2.08. The van der Waals surface area contributed by atoms with Gasteiger partial charge in [0.15, 0.2) is 11.5 Å². The third-order valence-corrected chi connectivity index (χ3v) is 6.58. The Morgan fingerprint density at radius 1 is 0.974 bits per heavy atom. The van der Waals surface area contributed by atoms with Crippen molar-refractivity contribution < 1.29 is 19.1 Å². The quantitative estimate of drug-likeness (QED) is 0.333. The van der Waals surface area contributed by atoms with Crippen molar-refractivity contribution >= 4 is 28.5 Å². The first kappa shape index (κ1) is 26.7. The molecule has 0 fully saturated rings. The van der Waals surface area contributed by atoms with Crippen LogP contribution >= 0.6 is 0 Å². The monoisotopic (exact) mass is 515 g/mol. The molecule has 0 saturated heterocycles. The Morgan fingerprint density at radius 2 is 1.66 bits per heavy atom. The predicted octanol–water partition coefficient (Wildman–Crippen LogP) is 4.53. The summed E-state index contributed by atoms with van der Waals surface area (Å²) in [4.78, 5) is 29.6. The van der Waals surface area contributed by atoms with E-state index in [0.717, 1.165) is 5.52 Å². The van der Waals surface area contributed by atoms with E-state index in [1.165, 1.54) is 12.0 Å². The molecule has 0 aliphatic heterocycles. The van der Waals surface area contributed by atoms with Crippen molar-refractivity contribution in [2.45, 2.75) is 45.3 Å². The van der Waals surface area contributed by atoms with Gasteiger partial charge < -0.3 is 14.8 Å². The molecule has 3 aromatic carbocycles. The van der Waals surface area contributed by atoms with Crippen molar-refractivity contribution in [3.05, 3.63) is 78.4 Å². The van der Waals surface area contributed by atoms with Gasteiger partial charge in [-0.1, -0.05) is 48.5 Å². The summed E-state index contributed by atoms with van der Waals surface area (Å²) in [5, 5.41) is 11.5. The van der Waals surface area contributed by atoms with Crippen LogP contribution in [0.4, 0.5) is 5.69 Å². The van der Waals surface area contributed by atoms with E-state index in [1.807, 2.05) is 75.4 Å². The first-order chi connectivity index (χ1) is 18.3. The normalized spacial score (nSPS) is 12.1. The second-order valence-corrected chi connectivity index (χ2v) is 9.58. The number of methoxy groups -OCH3 is 2. The van der Waals surface area contributed by atoms with Crippen LogP contribution in [0.2, 0.25) is 0 Å². The number of rotatable bonds is 10. The van der Waals surface area contributed by atoms with Crippen molar-refractivity contribution in [2.75, 3.05) is 19.1 Å². The van der Waals surface area contributed by atoms with Gasteiger partial charge in [0.2, 0.25) is 11.8 Å². The van der Waals surface area contributed by atoms with Gasteiger partial charge in [-0.2, -0.15) is 0 Å². The fourth-order valence-electron chi connectivity index (χ4n) is 4.19. The number of carbonyl (C=O) groups excluding carboxylic acids is 2. The zero-order valence-corrected chi connectivity index (χ0v) is 22.3. The first-order valence-electron chi connectivity index (χ1n) is 12.5. The van der Waals surface area contributed by atoms with Crippen LogP contribution in [-0.2, 0) is 16.1 Å². The minimum atomic E-state index is -0.995. The van der Waals surface area contributed by atoms with E-state index in [2.05, 4.69) is 15.6 Å². The van der Waals surface area contributed by atoms with Crippen LogP contribution in [0.1, 0.15) is 38.8 Å². The number of hydrogen-bond acceptors (Lipinski definition) is 6. The molecule has 38 heavy (non-hydrogen) atoms. The molecule has 9 heteroatoms. The molecule has 0 radical (unpaired) electrons. The Hall–Kier alpha value is -4.40. The van der Waals surface area contributed by atoms with E-state index in [9.17, 15) is 9.59 Å². The van der Waals surface area contributed by atoms with Crippen molar-refractivity contribution in [2.24, 2.45) is 0 Å². The molecule has 0 aliphatic carbocycles. The third kappa shape index (κ3) is 5.61. The highest BCUT2D eigenvalue weighted by atomic mass is 16.5. The lowest BCUT2D eigenvalue weighted by Gasteiger charge is -2.34. The van der Waals surface area contributed by atoms with Gasteiger partial charge >= 0.3 is 0 Å². The average Bonchev–Trinajstić information content (AvgIpc) is 3.33. The van der Waals surface area contributed by atoms with E-state index in [4.69, 9.17) is 9.47 Å². The zero-order valence-electron chi connectivity index (χ0n) is 22.3. The molecule has 0 spiro atoms. The predicted molar refractivity (Wildman–Crippen MR) is 146 cm³/mol. The second kappa shape index (κ2) is 11.3. The molecule has 0 aliphatic rings. The van der Waals surface area contributed by atoms with Crippen LogP contribution in [0.5, 0.6) is 11.5 Å². The van der Waals surface area contributed by atoms with Crippen molar-refractivity contribution in [3.63, 3.8) is 0 Å². The number of benzene rings is 3. The van der Waals surface area contributed by atoms with E-state index in [0.29, 0.717) is 34.7 Å². The number of hydrogen-bond donors (Lipinski definition) is 1. The molecule has 4 aromatic rings. The molecule has 1 atom stereocenters. The van der Waals surface area contributed by atoms with Gasteiger partial charge in [0.1, 0.15) is 18.1 Å². The number of fused-ring (bicyclic) bond motifs is 1. The van der Waals surface area contributed by atoms with Crippen molar-refractivity contribution in [3.8, 4) is 11.5 Å². The maximum absolute atomic E-state index is 14.1. The summed E-state index contributed by atoms with van der Waals surface area (Å²) in [6.07, 6.45) is 0.710. The van der Waals surface area contributed by atoms with Gasteiger partial charge in [0, 0.05) is 11.2 Å². The summed E-state index contributed by atoms with van der Waals surface area (Å²) in [6, 6.07) is 20.8. The van der Waals surface area contributed by atoms with Gasteiger partial charge in [-0.25, -0.2) is 4.68 Å². The minimum absolute atomic E-state index is 0.107. The smallest absolute Gasteiger partial charge is 0.249 e. The first-order valence-corrected chi connectivity index (χ1v) is 12.5. The second-order valence-electron chi connectivity index (χ2n) is 9.58. The molecule has 198 valence electrons. The van der Waals surface area contributed by atoms with Gasteiger partial charge in [-0.15, -0.1) is 5.10 Å². The number of amides is 2. The Kier molecular flexibility index (Phi) is 7.95. The molecule has 1 N–H and O–H groups in total. The summed E-state index contributed by atoms with van der Waals surface area (Å²) < 4.78 is 12.5. The van der Waals surface area contributed by atoms with Gasteiger partial charge in [-0.05, 0) is 62.2 Å². The molecular formula is C29H33N5O4. The van der Waals surface area contributed by atoms with Crippen LogP contribution in [0.25, 0.3) is 11.0 Å². The van der Waals surface area contributed by atoms with E-state index < -0.39 is 11.6 Å². The van der Waals surface area contributed by atoms with Crippen LogP contribution in [0.15, 0.2) is 72.8 Å². The van der Waals surface area contributed by atoms with E-state index in [-0.39, 0.29) is 18.4 Å². The largest absolute Gasteiger partial charge is 0.493 e. The minimum Gasteiger partial charge on any atom is -0.493 e. The number of ether oxygens (including phenoxy) is 2. The fourth-order valence-corrected chi connectivity index (χ4v) is 4.19. The lowest BCUT2D eigenvalue weighted by Crippen LogP contribution is -2.51. The van der Waals surface area contributed by atoms with Crippen LogP contribution in [0.3, 0.4) is 0 Å². The number of aromatic nitrogens is 3. The number of para-hydroxylation sites is 2. The fraction of sp³-hybridized carbons (Fsp3) is 0.310. The molecule has 2 amide bonds. The summed E-state index contributed by atoms with van der Waals surface area (Å²) >= 11 is 0. The number of nitrogens with zero attached hydrogens (tertiary/aromatic N) is 4. The summed E-state index contributed by atoms with van der Waals surface area (Å²) in [6.45, 7) is 5.80. The Bertz CT molecular complexity index is 1420. The molecule has 4 rings (SSSR count). The maximum Gasteiger partial charge on any atom is 0.249 e. The Morgan fingerprint density at radius 3 is 2.34 bits per heavy atom. The van der Waals surface area contributed by atoms with E-state index >= 15 is 0 Å². The van der Waals surface area contributed by atoms with Crippen LogP contribution in [-0.4, -0.2) is 46.6 Å². The topological polar surface area (TPSA) is 98.6 Å². The van der Waals surface area contributed by atoms with Crippen LogP contribution < -0.4 is 19.7 Å². The molecule has 0 bridgehead atoms. The maximum atomic E-state index is 14.1. The summed E-state index contributed by atoms with van der Waals surface area (Å²) in [7, 11) is 3.08. The zero-order chi connectivity index (χ0) is 27.3. The highest BCUT2D eigenvalue weighted by molar-refractivity contribution is 6.01. The number of carbonyl (C=O) groups is 2. The molecule has 0 unspecified atom stereocenters. The number of anilines is 1. The van der Waals surface area contributed by atoms with Crippen molar-refractivity contribution in [1.29, 1.82) is 0 Å². The molecule has 9 nitrogen and oxygen atoms in total. The van der Waals surface area contributed by atoms with E-state index in [1.54, 1.807) is 30.0 Å². The van der Waals surface area contributed by atoms with Gasteiger partial charge in [0.25, 0.3) is 0 Å². The highest BCUT2D eigenvalue weighted by Crippen LogP contribution is 2.35. The highest BCUT2D eigenvalue weighted by Gasteiger charge is 2.35. The summed E-state index contributed by atoms with van der Waals surface area (Å²) in [5.74, 6) is 0.345. The lowest BCUT2D eigenvalue weighted by atomic mass is 9.98. The third-order valence-electron chi connectivity index (χ3n) is 6.58.